The number of rotatable bonds is 6. The summed E-state index contributed by atoms with van der Waals surface area (Å²) in [7, 11) is 0. The number of hydrogen-bond acceptors (Lipinski definition) is 5. The molecule has 140 valence electrons. The first-order valence-corrected chi connectivity index (χ1v) is 8.57. The summed E-state index contributed by atoms with van der Waals surface area (Å²) in [5.41, 5.74) is 2.08. The van der Waals surface area contributed by atoms with E-state index in [-0.39, 0.29) is 24.0 Å². The number of nitrogens with one attached hydrogen (secondary N) is 1. The van der Waals surface area contributed by atoms with Crippen LogP contribution in [0.4, 0.5) is 4.39 Å². The second-order valence-corrected chi connectivity index (χ2v) is 6.48. The van der Waals surface area contributed by atoms with Gasteiger partial charge in [0.05, 0.1) is 24.0 Å². The lowest BCUT2D eigenvalue weighted by atomic mass is 10.1. The molecule has 3 rings (SSSR count). The Bertz CT molecular complexity index is 982. The van der Waals surface area contributed by atoms with Crippen molar-refractivity contribution in [2.75, 3.05) is 6.61 Å². The highest BCUT2D eigenvalue weighted by molar-refractivity contribution is 5.95. The van der Waals surface area contributed by atoms with E-state index in [0.29, 0.717) is 22.2 Å². The molecule has 6 nitrogen and oxygen atoms in total. The van der Waals surface area contributed by atoms with Crippen LogP contribution in [0.5, 0.6) is 0 Å². The molecular formula is C20H20FN3O3. The predicted octanol–water partition coefficient (Wildman–Crippen LogP) is 3.44. The lowest BCUT2D eigenvalue weighted by Gasteiger charge is -2.18. The van der Waals surface area contributed by atoms with Gasteiger partial charge in [0.15, 0.2) is 0 Å². The van der Waals surface area contributed by atoms with Crippen LogP contribution in [-0.4, -0.2) is 39.0 Å². The third kappa shape index (κ3) is 4.38. The first-order chi connectivity index (χ1) is 13.0. The fourth-order valence-electron chi connectivity index (χ4n) is 2.54. The smallest absolute Gasteiger partial charge is 0.357 e. The quantitative estimate of drug-likeness (QED) is 0.650. The van der Waals surface area contributed by atoms with E-state index in [4.69, 9.17) is 4.74 Å². The molecule has 0 amide bonds. The topological polar surface area (TPSA) is 88.1 Å². The highest BCUT2D eigenvalue weighted by atomic mass is 19.1. The highest BCUT2D eigenvalue weighted by Gasteiger charge is 2.20. The number of carbonyl (C=O) groups is 1. The summed E-state index contributed by atoms with van der Waals surface area (Å²) >= 11 is 0. The Morgan fingerprint density at radius 1 is 1.33 bits per heavy atom. The van der Waals surface area contributed by atoms with Crippen molar-refractivity contribution in [1.29, 1.82) is 0 Å². The highest BCUT2D eigenvalue weighted by Crippen LogP contribution is 2.20. The summed E-state index contributed by atoms with van der Waals surface area (Å²) < 4.78 is 18.6. The Morgan fingerprint density at radius 2 is 2.15 bits per heavy atom. The number of nitrogens with zero attached hydrogens (tertiary/aromatic N) is 2. The van der Waals surface area contributed by atoms with Crippen molar-refractivity contribution in [2.45, 2.75) is 20.0 Å². The molecule has 0 spiro atoms. The van der Waals surface area contributed by atoms with Crippen molar-refractivity contribution in [3.8, 4) is 0 Å². The van der Waals surface area contributed by atoms with Crippen LogP contribution in [0.15, 0.2) is 36.5 Å². The first kappa shape index (κ1) is 18.7. The second kappa shape index (κ2) is 8.09. The number of fused-ring (bicyclic) bond motifs is 1. The number of hydrogen-bond donors (Lipinski definition) is 2. The summed E-state index contributed by atoms with van der Waals surface area (Å²) in [6.07, 6.45) is 4.37. The van der Waals surface area contributed by atoms with Crippen LogP contribution in [0.3, 0.4) is 0 Å². The number of aromatic nitrogens is 3. The zero-order valence-electron chi connectivity index (χ0n) is 15.0. The molecule has 1 atom stereocenters. The normalized spacial score (nSPS) is 12.8. The summed E-state index contributed by atoms with van der Waals surface area (Å²) in [5.74, 6) is -0.936. The van der Waals surface area contributed by atoms with Gasteiger partial charge < -0.3 is 9.84 Å². The molecule has 0 unspecified atom stereocenters. The molecular weight excluding hydrogens is 349 g/mol. The molecule has 2 N–H and O–H groups in total. The van der Waals surface area contributed by atoms with Gasteiger partial charge in [0.2, 0.25) is 0 Å². The van der Waals surface area contributed by atoms with Gasteiger partial charge in [0, 0.05) is 5.39 Å². The molecule has 0 aliphatic rings. The minimum absolute atomic E-state index is 0.0126. The van der Waals surface area contributed by atoms with Crippen LogP contribution >= 0.6 is 0 Å². The SMILES string of the molecule is CC(C)[C@@H](CO)OC(=O)c1cc2c(/C=C/c3cccc(F)c3)n[nH]c2cn1. The van der Waals surface area contributed by atoms with E-state index in [2.05, 4.69) is 15.2 Å². The Balaban J connectivity index is 1.86. The van der Waals surface area contributed by atoms with E-state index >= 15 is 0 Å². The van der Waals surface area contributed by atoms with Crippen molar-refractivity contribution in [1.82, 2.24) is 15.2 Å². The van der Waals surface area contributed by atoms with Gasteiger partial charge in [-0.2, -0.15) is 5.10 Å². The molecule has 0 aliphatic carbocycles. The van der Waals surface area contributed by atoms with Crippen molar-refractivity contribution in [3.63, 3.8) is 0 Å². The van der Waals surface area contributed by atoms with E-state index in [1.54, 1.807) is 30.4 Å². The number of halogens is 1. The molecule has 0 saturated heterocycles. The van der Waals surface area contributed by atoms with E-state index in [1.807, 2.05) is 13.8 Å². The van der Waals surface area contributed by atoms with E-state index < -0.39 is 12.1 Å². The number of pyridine rings is 1. The molecule has 7 heteroatoms. The Labute approximate surface area is 155 Å². The zero-order valence-corrected chi connectivity index (χ0v) is 15.0. The molecule has 1 aromatic carbocycles. The molecule has 2 aromatic heterocycles. The zero-order chi connectivity index (χ0) is 19.4. The van der Waals surface area contributed by atoms with Crippen molar-refractivity contribution in [3.05, 3.63) is 59.3 Å². The first-order valence-electron chi connectivity index (χ1n) is 8.57. The monoisotopic (exact) mass is 369 g/mol. The maximum atomic E-state index is 13.3. The van der Waals surface area contributed by atoms with Crippen molar-refractivity contribution < 1.29 is 19.0 Å². The van der Waals surface area contributed by atoms with Gasteiger partial charge in [-0.1, -0.05) is 32.1 Å². The van der Waals surface area contributed by atoms with Gasteiger partial charge >= 0.3 is 5.97 Å². The van der Waals surface area contributed by atoms with E-state index in [0.717, 1.165) is 0 Å². The molecule has 3 aromatic rings. The Kier molecular flexibility index (Phi) is 5.61. The van der Waals surface area contributed by atoms with Crippen molar-refractivity contribution >= 4 is 29.0 Å². The number of benzene rings is 1. The number of H-pyrrole nitrogens is 1. The average Bonchev–Trinajstić information content (AvgIpc) is 3.06. The third-order valence-corrected chi connectivity index (χ3v) is 4.15. The lowest BCUT2D eigenvalue weighted by Crippen LogP contribution is -2.27. The molecule has 0 aliphatic heterocycles. The number of ether oxygens (including phenoxy) is 1. The maximum absolute atomic E-state index is 13.3. The summed E-state index contributed by atoms with van der Waals surface area (Å²) in [6, 6.07) is 7.78. The summed E-state index contributed by atoms with van der Waals surface area (Å²) in [6.45, 7) is 3.46. The standard InChI is InChI=1S/C20H20FN3O3/c1-12(2)19(11-25)27-20(26)17-9-15-16(23-24-18(15)10-22-17)7-6-13-4-3-5-14(21)8-13/h3-10,12,19,25H,11H2,1-2H3,(H,23,24)/b7-6+/t19-/m1/s1. The van der Waals surface area contributed by atoms with Crippen LogP contribution in [-0.2, 0) is 4.74 Å². The summed E-state index contributed by atoms with van der Waals surface area (Å²) in [4.78, 5) is 16.4. The fourth-order valence-corrected chi connectivity index (χ4v) is 2.54. The van der Waals surface area contributed by atoms with Crippen LogP contribution < -0.4 is 0 Å². The lowest BCUT2D eigenvalue weighted by molar-refractivity contribution is -0.00180. The average molecular weight is 369 g/mol. The van der Waals surface area contributed by atoms with Crippen LogP contribution in [0.2, 0.25) is 0 Å². The van der Waals surface area contributed by atoms with Gasteiger partial charge in [0.25, 0.3) is 0 Å². The molecule has 0 bridgehead atoms. The molecule has 0 radical (unpaired) electrons. The van der Waals surface area contributed by atoms with Gasteiger partial charge in [-0.3, -0.25) is 5.10 Å². The number of aliphatic hydroxyl groups excluding tert-OH is 1. The second-order valence-electron chi connectivity index (χ2n) is 6.48. The number of aromatic amines is 1. The molecule has 0 saturated carbocycles. The van der Waals surface area contributed by atoms with Gasteiger partial charge in [0.1, 0.15) is 17.6 Å². The molecule has 27 heavy (non-hydrogen) atoms. The number of carbonyl (C=O) groups excluding carboxylic acids is 1. The number of esters is 1. The minimum Gasteiger partial charge on any atom is -0.455 e. The van der Waals surface area contributed by atoms with Gasteiger partial charge in [-0.25, -0.2) is 14.2 Å². The van der Waals surface area contributed by atoms with Gasteiger partial charge in [-0.15, -0.1) is 0 Å². The largest absolute Gasteiger partial charge is 0.455 e. The fraction of sp³-hybridized carbons (Fsp3) is 0.250. The van der Waals surface area contributed by atoms with E-state index in [9.17, 15) is 14.3 Å². The molecule has 2 heterocycles. The molecule has 0 fully saturated rings. The third-order valence-electron chi connectivity index (χ3n) is 4.15. The maximum Gasteiger partial charge on any atom is 0.357 e. The Morgan fingerprint density at radius 3 is 2.85 bits per heavy atom. The number of aliphatic hydroxyl groups is 1. The Hall–Kier alpha value is -3.06. The predicted molar refractivity (Wildman–Crippen MR) is 100 cm³/mol. The van der Waals surface area contributed by atoms with E-state index in [1.165, 1.54) is 18.3 Å². The van der Waals surface area contributed by atoms with Gasteiger partial charge in [-0.05, 0) is 35.8 Å². The minimum atomic E-state index is -0.606. The summed E-state index contributed by atoms with van der Waals surface area (Å²) in [5, 5.41) is 17.1. The van der Waals surface area contributed by atoms with Crippen LogP contribution in [0.1, 0.15) is 35.6 Å². The van der Waals surface area contributed by atoms with Crippen LogP contribution in [0, 0.1) is 11.7 Å². The van der Waals surface area contributed by atoms with Crippen molar-refractivity contribution in [2.24, 2.45) is 5.92 Å². The van der Waals surface area contributed by atoms with Crippen LogP contribution in [0.25, 0.3) is 23.1 Å².